The first-order chi connectivity index (χ1) is 17.2. The smallest absolute Gasteiger partial charge is 0.355 e. The molecule has 1 saturated heterocycles. The van der Waals surface area contributed by atoms with E-state index in [9.17, 15) is 24.8 Å². The summed E-state index contributed by atoms with van der Waals surface area (Å²) in [5, 5.41) is 21.1. The summed E-state index contributed by atoms with van der Waals surface area (Å²) in [5.74, 6) is -1.80. The Balaban J connectivity index is 1.49. The van der Waals surface area contributed by atoms with Crippen LogP contribution in [0.4, 0.5) is 5.69 Å². The second-order valence-corrected chi connectivity index (χ2v) is 9.98. The number of β-lactam (4-membered cyclic amide) rings is 1. The molecule has 0 aliphatic carbocycles. The van der Waals surface area contributed by atoms with Gasteiger partial charge in [-0.25, -0.2) is 9.78 Å². The molecule has 1 fully saturated rings. The highest BCUT2D eigenvalue weighted by molar-refractivity contribution is 7.18. The first-order valence-corrected chi connectivity index (χ1v) is 12.1. The van der Waals surface area contributed by atoms with E-state index in [0.29, 0.717) is 17.7 Å². The normalized spacial score (nSPS) is 22.1. The molecule has 2 aliphatic heterocycles. The summed E-state index contributed by atoms with van der Waals surface area (Å²) >= 11 is 1.44. The molecule has 0 unspecified atom stereocenters. The number of hydrogen-bond acceptors (Lipinski definition) is 9. The molecular weight excluding hydrogens is 488 g/mol. The van der Waals surface area contributed by atoms with Gasteiger partial charge in [0.05, 0.1) is 34.5 Å². The number of nitro benzene ring substituents is 1. The fraction of sp³-hybridized carbons (Fsp3) is 0.375. The summed E-state index contributed by atoms with van der Waals surface area (Å²) in [5.41, 5.74) is 2.14. The Hall–Kier alpha value is -3.61. The number of benzene rings is 1. The number of carbonyl (C=O) groups is 2. The Morgan fingerprint density at radius 1 is 1.31 bits per heavy atom. The number of aliphatic hydroxyl groups is 1. The monoisotopic (exact) mass is 512 g/mol. The van der Waals surface area contributed by atoms with Gasteiger partial charge in [0.25, 0.3) is 5.69 Å². The van der Waals surface area contributed by atoms with E-state index in [0.717, 1.165) is 15.4 Å². The number of methoxy groups -OCH3 is 1. The summed E-state index contributed by atoms with van der Waals surface area (Å²) in [6.07, 6.45) is 2.69. The number of nitrogens with zero attached hydrogens (tertiary/aromatic N) is 4. The number of aromatic nitrogens is 2. The highest BCUT2D eigenvalue weighted by atomic mass is 32.1. The van der Waals surface area contributed by atoms with E-state index < -0.39 is 22.9 Å². The molecule has 0 saturated carbocycles. The van der Waals surface area contributed by atoms with Gasteiger partial charge in [-0.3, -0.25) is 19.3 Å². The number of rotatable bonds is 8. The standard InChI is InChI=1S/C24H24N4O7S/c1-12-18(17-8-26-11-25-16(10-34-3)23(26)36-17)21(27-20(12)19(13(2)29)22(27)30)24(31)35-9-14-4-6-15(7-5-14)28(32)33/h4-8,11-13,19-20,29H,9-10H2,1-3H3/t12-,13+,19+,20+/m0/s1. The zero-order valence-corrected chi connectivity index (χ0v) is 20.6. The second kappa shape index (κ2) is 9.12. The Bertz CT molecular complexity index is 1390. The van der Waals surface area contributed by atoms with Gasteiger partial charge in [-0.1, -0.05) is 6.92 Å². The molecule has 36 heavy (non-hydrogen) atoms. The van der Waals surface area contributed by atoms with Crippen molar-refractivity contribution in [2.75, 3.05) is 7.11 Å². The van der Waals surface area contributed by atoms with Crippen LogP contribution in [0.25, 0.3) is 10.4 Å². The molecule has 0 bridgehead atoms. The number of aliphatic hydroxyl groups excluding tert-OH is 1. The summed E-state index contributed by atoms with van der Waals surface area (Å²) in [6, 6.07) is 5.37. The number of thiazole rings is 1. The molecule has 12 heteroatoms. The van der Waals surface area contributed by atoms with E-state index in [1.54, 1.807) is 20.4 Å². The van der Waals surface area contributed by atoms with Crippen molar-refractivity contribution >= 4 is 39.3 Å². The predicted molar refractivity (Wildman–Crippen MR) is 129 cm³/mol. The zero-order chi connectivity index (χ0) is 25.7. The maximum absolute atomic E-state index is 13.4. The van der Waals surface area contributed by atoms with Crippen molar-refractivity contribution in [2.45, 2.75) is 39.2 Å². The van der Waals surface area contributed by atoms with E-state index in [-0.39, 0.29) is 35.9 Å². The van der Waals surface area contributed by atoms with Crippen LogP contribution in [-0.2, 0) is 32.3 Å². The van der Waals surface area contributed by atoms with Gasteiger partial charge in [-0.15, -0.1) is 11.3 Å². The third-order valence-corrected chi connectivity index (χ3v) is 7.90. The van der Waals surface area contributed by atoms with Gasteiger partial charge in [0, 0.05) is 36.9 Å². The van der Waals surface area contributed by atoms with E-state index >= 15 is 0 Å². The van der Waals surface area contributed by atoms with Crippen LogP contribution in [0.5, 0.6) is 0 Å². The van der Waals surface area contributed by atoms with Gasteiger partial charge in [0.1, 0.15) is 29.2 Å². The van der Waals surface area contributed by atoms with Crippen molar-refractivity contribution in [1.82, 2.24) is 14.3 Å². The molecule has 1 amide bonds. The topological polar surface area (TPSA) is 137 Å². The predicted octanol–water partition coefficient (Wildman–Crippen LogP) is 2.76. The highest BCUT2D eigenvalue weighted by Gasteiger charge is 2.60. The van der Waals surface area contributed by atoms with Gasteiger partial charge < -0.3 is 19.5 Å². The molecule has 2 aromatic heterocycles. The van der Waals surface area contributed by atoms with Gasteiger partial charge >= 0.3 is 5.97 Å². The van der Waals surface area contributed by atoms with Crippen LogP contribution >= 0.6 is 11.3 Å². The number of ether oxygens (including phenoxy) is 2. The minimum Gasteiger partial charge on any atom is -0.456 e. The molecule has 4 atom stereocenters. The summed E-state index contributed by atoms with van der Waals surface area (Å²) in [4.78, 5) is 44.2. The number of amides is 1. The van der Waals surface area contributed by atoms with Crippen molar-refractivity contribution in [2.24, 2.45) is 11.8 Å². The van der Waals surface area contributed by atoms with Crippen molar-refractivity contribution in [3.63, 3.8) is 0 Å². The minimum absolute atomic E-state index is 0.0608. The van der Waals surface area contributed by atoms with Crippen LogP contribution in [0.1, 0.15) is 30.0 Å². The molecule has 2 aliphatic rings. The number of non-ortho nitro benzene ring substituents is 1. The maximum atomic E-state index is 13.4. The lowest BCUT2D eigenvalue weighted by Gasteiger charge is -2.46. The summed E-state index contributed by atoms with van der Waals surface area (Å²) in [7, 11) is 1.59. The average Bonchev–Trinajstić information content (AvgIpc) is 3.48. The number of carbonyl (C=O) groups excluding carboxylic acids is 2. The largest absolute Gasteiger partial charge is 0.456 e. The van der Waals surface area contributed by atoms with Crippen LogP contribution in [-0.4, -0.2) is 55.4 Å². The van der Waals surface area contributed by atoms with Crippen LogP contribution in [0.2, 0.25) is 0 Å². The zero-order valence-electron chi connectivity index (χ0n) is 19.8. The first kappa shape index (κ1) is 24.1. The number of imidazole rings is 1. The molecule has 1 N–H and O–H groups in total. The molecule has 0 spiro atoms. The molecule has 3 aromatic rings. The molecular formula is C24H24N4O7S. The Labute approximate surface area is 209 Å². The van der Waals surface area contributed by atoms with E-state index in [1.165, 1.54) is 40.5 Å². The fourth-order valence-corrected chi connectivity index (χ4v) is 6.23. The van der Waals surface area contributed by atoms with Crippen LogP contribution in [0.3, 0.4) is 0 Å². The third kappa shape index (κ3) is 3.77. The highest BCUT2D eigenvalue weighted by Crippen LogP contribution is 2.51. The van der Waals surface area contributed by atoms with Crippen molar-refractivity contribution < 1.29 is 29.1 Å². The lowest BCUT2D eigenvalue weighted by atomic mass is 9.77. The van der Waals surface area contributed by atoms with Crippen LogP contribution < -0.4 is 0 Å². The molecule has 4 heterocycles. The summed E-state index contributed by atoms with van der Waals surface area (Å²) in [6.45, 7) is 3.75. The lowest BCUT2D eigenvalue weighted by Crippen LogP contribution is -2.63. The minimum atomic E-state index is -0.852. The Morgan fingerprint density at radius 2 is 2.03 bits per heavy atom. The van der Waals surface area contributed by atoms with E-state index in [2.05, 4.69) is 4.98 Å². The van der Waals surface area contributed by atoms with Gasteiger partial charge in [-0.2, -0.15) is 0 Å². The number of fused-ring (bicyclic) bond motifs is 2. The van der Waals surface area contributed by atoms with Crippen LogP contribution in [0, 0.1) is 22.0 Å². The Kier molecular flexibility index (Phi) is 6.10. The maximum Gasteiger partial charge on any atom is 0.355 e. The average molecular weight is 513 g/mol. The molecule has 188 valence electrons. The van der Waals surface area contributed by atoms with Gasteiger partial charge in [-0.05, 0) is 24.6 Å². The second-order valence-electron chi connectivity index (χ2n) is 8.95. The SMILES string of the molecule is COCc1ncn2cc(C3=C(C(=O)OCc4ccc([N+](=O)[O-])cc4)N4C(=O)[C@H]([C@@H](C)O)[C@H]4[C@H]3C)sc12. The van der Waals surface area contributed by atoms with E-state index in [1.807, 2.05) is 17.5 Å². The summed E-state index contributed by atoms with van der Waals surface area (Å²) < 4.78 is 12.7. The number of nitro groups is 1. The quantitative estimate of drug-likeness (QED) is 0.211. The molecule has 11 nitrogen and oxygen atoms in total. The van der Waals surface area contributed by atoms with E-state index in [4.69, 9.17) is 9.47 Å². The first-order valence-electron chi connectivity index (χ1n) is 11.3. The van der Waals surface area contributed by atoms with Crippen molar-refractivity contribution in [3.05, 3.63) is 68.7 Å². The number of esters is 1. The molecule has 1 aromatic carbocycles. The van der Waals surface area contributed by atoms with Crippen LogP contribution in [0.15, 0.2) is 42.5 Å². The number of hydrogen-bond donors (Lipinski definition) is 1. The third-order valence-electron chi connectivity index (χ3n) is 6.71. The Morgan fingerprint density at radius 3 is 2.67 bits per heavy atom. The molecule has 0 radical (unpaired) electrons. The lowest BCUT2D eigenvalue weighted by molar-refractivity contribution is -0.384. The van der Waals surface area contributed by atoms with Crippen molar-refractivity contribution in [1.29, 1.82) is 0 Å². The van der Waals surface area contributed by atoms with Crippen molar-refractivity contribution in [3.8, 4) is 0 Å². The molecule has 5 rings (SSSR count). The fourth-order valence-electron chi connectivity index (χ4n) is 5.02. The van der Waals surface area contributed by atoms with Gasteiger partial charge in [0.15, 0.2) is 0 Å². The van der Waals surface area contributed by atoms with Gasteiger partial charge in [0.2, 0.25) is 5.91 Å².